The lowest BCUT2D eigenvalue weighted by molar-refractivity contribution is -0.141. The number of ether oxygens (including phenoxy) is 2. The highest BCUT2D eigenvalue weighted by molar-refractivity contribution is 6.02. The molecule has 1 fully saturated rings. The summed E-state index contributed by atoms with van der Waals surface area (Å²) in [5.74, 6) is -0.293. The summed E-state index contributed by atoms with van der Waals surface area (Å²) in [5.41, 5.74) is -0.179. The zero-order chi connectivity index (χ0) is 21.3. The Kier molecular flexibility index (Phi) is 5.29. The second-order valence-electron chi connectivity index (χ2n) is 6.78. The van der Waals surface area contributed by atoms with Crippen molar-refractivity contribution < 1.29 is 27.4 Å². The molecule has 3 aromatic heterocycles. The molecular weight excluding hydrogens is 403 g/mol. The number of anilines is 1. The summed E-state index contributed by atoms with van der Waals surface area (Å²) in [6, 6.07) is 3.12. The number of carbonyl (C=O) groups is 1. The van der Waals surface area contributed by atoms with Crippen molar-refractivity contribution >= 4 is 17.4 Å². The summed E-state index contributed by atoms with van der Waals surface area (Å²) in [7, 11) is 1.42. The number of aromatic nitrogens is 4. The molecule has 0 saturated carbocycles. The maximum absolute atomic E-state index is 12.8. The Bertz CT molecular complexity index is 1080. The maximum Gasteiger partial charge on any atom is 0.433 e. The summed E-state index contributed by atoms with van der Waals surface area (Å²) in [4.78, 5) is 24.6. The van der Waals surface area contributed by atoms with Crippen LogP contribution in [0.1, 0.15) is 40.6 Å². The number of rotatable bonds is 4. The molecule has 0 atom stereocenters. The van der Waals surface area contributed by atoms with E-state index in [1.165, 1.54) is 19.4 Å². The van der Waals surface area contributed by atoms with E-state index in [1.807, 2.05) is 6.20 Å². The maximum atomic E-state index is 12.8. The minimum absolute atomic E-state index is 0.0967. The Balaban J connectivity index is 1.62. The highest BCUT2D eigenvalue weighted by Crippen LogP contribution is 2.29. The van der Waals surface area contributed by atoms with Crippen molar-refractivity contribution in [3.05, 3.63) is 47.7 Å². The second kappa shape index (κ2) is 7.90. The van der Waals surface area contributed by atoms with Crippen LogP contribution in [0.25, 0.3) is 5.65 Å². The summed E-state index contributed by atoms with van der Waals surface area (Å²) >= 11 is 0. The van der Waals surface area contributed by atoms with E-state index < -0.39 is 17.8 Å². The number of hydrogen-bond donors (Lipinski definition) is 1. The fourth-order valence-electron chi connectivity index (χ4n) is 3.28. The Morgan fingerprint density at radius 1 is 1.20 bits per heavy atom. The molecule has 30 heavy (non-hydrogen) atoms. The predicted molar refractivity (Wildman–Crippen MR) is 99.5 cm³/mol. The van der Waals surface area contributed by atoms with Crippen molar-refractivity contribution in [2.45, 2.75) is 24.9 Å². The number of methoxy groups -OCH3 is 1. The summed E-state index contributed by atoms with van der Waals surface area (Å²) in [5, 5.41) is 2.46. The molecule has 1 N–H and O–H groups in total. The van der Waals surface area contributed by atoms with Gasteiger partial charge in [-0.2, -0.15) is 18.2 Å². The van der Waals surface area contributed by atoms with Crippen LogP contribution in [0.5, 0.6) is 5.88 Å². The van der Waals surface area contributed by atoms with Crippen molar-refractivity contribution in [2.24, 2.45) is 0 Å². The zero-order valence-electron chi connectivity index (χ0n) is 15.9. The van der Waals surface area contributed by atoms with Gasteiger partial charge in [-0.1, -0.05) is 6.07 Å². The average Bonchev–Trinajstić information content (AvgIpc) is 3.17. The zero-order valence-corrected chi connectivity index (χ0v) is 15.9. The van der Waals surface area contributed by atoms with Crippen LogP contribution in [0.2, 0.25) is 0 Å². The van der Waals surface area contributed by atoms with Gasteiger partial charge >= 0.3 is 6.18 Å². The smallest absolute Gasteiger partial charge is 0.433 e. The molecule has 4 rings (SSSR count). The van der Waals surface area contributed by atoms with Crippen LogP contribution in [0.4, 0.5) is 19.0 Å². The molecule has 1 amide bonds. The largest absolute Gasteiger partial charge is 0.478 e. The number of amides is 1. The molecule has 11 heteroatoms. The molecule has 0 unspecified atom stereocenters. The number of fused-ring (bicyclic) bond motifs is 1. The van der Waals surface area contributed by atoms with Gasteiger partial charge in [0.05, 0.1) is 19.0 Å². The predicted octanol–water partition coefficient (Wildman–Crippen LogP) is 3.30. The summed E-state index contributed by atoms with van der Waals surface area (Å²) in [6.45, 7) is 1.33. The SMILES string of the molecule is COc1nc(NC(=O)c2cccc(C(F)(F)F)n2)cn2cc(C3CCOCC3)nc12. The fraction of sp³-hybridized carbons (Fsp3) is 0.368. The van der Waals surface area contributed by atoms with Gasteiger partial charge in [-0.3, -0.25) is 9.20 Å². The first-order valence-electron chi connectivity index (χ1n) is 9.22. The Labute approximate surface area is 169 Å². The molecule has 4 heterocycles. The number of halogens is 3. The molecular formula is C19H18F3N5O3. The quantitative estimate of drug-likeness (QED) is 0.695. The number of nitrogens with one attached hydrogen (secondary N) is 1. The monoisotopic (exact) mass is 421 g/mol. The first kappa shape index (κ1) is 20.1. The van der Waals surface area contributed by atoms with Gasteiger partial charge in [0.1, 0.15) is 11.4 Å². The molecule has 8 nitrogen and oxygen atoms in total. The minimum atomic E-state index is -4.64. The van der Waals surface area contributed by atoms with E-state index in [2.05, 4.69) is 20.3 Å². The molecule has 0 aromatic carbocycles. The van der Waals surface area contributed by atoms with Crippen LogP contribution in [-0.2, 0) is 10.9 Å². The van der Waals surface area contributed by atoms with E-state index in [4.69, 9.17) is 9.47 Å². The third-order valence-corrected chi connectivity index (χ3v) is 4.77. The highest BCUT2D eigenvalue weighted by atomic mass is 19.4. The van der Waals surface area contributed by atoms with E-state index in [1.54, 1.807) is 4.40 Å². The lowest BCUT2D eigenvalue weighted by Gasteiger charge is -2.19. The Morgan fingerprint density at radius 2 is 1.97 bits per heavy atom. The van der Waals surface area contributed by atoms with E-state index in [0.717, 1.165) is 30.7 Å². The van der Waals surface area contributed by atoms with Crippen LogP contribution >= 0.6 is 0 Å². The van der Waals surface area contributed by atoms with Gasteiger partial charge in [-0.05, 0) is 25.0 Å². The van der Waals surface area contributed by atoms with E-state index >= 15 is 0 Å². The number of pyridine rings is 1. The van der Waals surface area contributed by atoms with Crippen molar-refractivity contribution in [1.82, 2.24) is 19.4 Å². The second-order valence-corrected chi connectivity index (χ2v) is 6.78. The van der Waals surface area contributed by atoms with E-state index in [9.17, 15) is 18.0 Å². The first-order chi connectivity index (χ1) is 14.3. The minimum Gasteiger partial charge on any atom is -0.478 e. The average molecular weight is 421 g/mol. The van der Waals surface area contributed by atoms with E-state index in [-0.39, 0.29) is 23.3 Å². The standard InChI is InChI=1S/C19H18F3N5O3/c1-29-18-16-24-13(11-5-7-30-8-6-11)9-27(16)10-15(26-18)25-17(28)12-3-2-4-14(23-12)19(20,21)22/h2-4,9-11H,5-8H2,1H3,(H,25,28). The molecule has 0 spiro atoms. The van der Waals surface area contributed by atoms with E-state index in [0.29, 0.717) is 18.9 Å². The number of nitrogens with zero attached hydrogens (tertiary/aromatic N) is 4. The molecule has 1 saturated heterocycles. The Morgan fingerprint density at radius 3 is 2.67 bits per heavy atom. The molecule has 1 aliphatic rings. The summed E-state index contributed by atoms with van der Waals surface area (Å²) < 4.78 is 50.9. The van der Waals surface area contributed by atoms with Crippen LogP contribution in [0.15, 0.2) is 30.6 Å². The van der Waals surface area contributed by atoms with Crippen LogP contribution in [-0.4, -0.2) is 45.6 Å². The van der Waals surface area contributed by atoms with Gasteiger partial charge < -0.3 is 14.8 Å². The van der Waals surface area contributed by atoms with Crippen molar-refractivity contribution in [3.8, 4) is 5.88 Å². The van der Waals surface area contributed by atoms with Gasteiger partial charge in [-0.15, -0.1) is 0 Å². The lowest BCUT2D eigenvalue weighted by atomic mass is 9.97. The molecule has 1 aliphatic heterocycles. The first-order valence-corrected chi connectivity index (χ1v) is 9.22. The van der Waals surface area contributed by atoms with Gasteiger partial charge in [0.25, 0.3) is 11.8 Å². The number of imidazole rings is 1. The topological polar surface area (TPSA) is 90.6 Å². The number of alkyl halides is 3. The number of carbonyl (C=O) groups excluding carboxylic acids is 1. The van der Waals surface area contributed by atoms with Gasteiger partial charge in [-0.25, -0.2) is 9.97 Å². The normalized spacial score (nSPS) is 15.3. The summed E-state index contributed by atoms with van der Waals surface area (Å²) in [6.07, 6.45) is 0.412. The van der Waals surface area contributed by atoms with Crippen molar-refractivity contribution in [2.75, 3.05) is 25.6 Å². The molecule has 3 aromatic rings. The van der Waals surface area contributed by atoms with Crippen LogP contribution < -0.4 is 10.1 Å². The molecule has 0 bridgehead atoms. The number of hydrogen-bond acceptors (Lipinski definition) is 6. The Hall–Kier alpha value is -3.21. The van der Waals surface area contributed by atoms with Crippen LogP contribution in [0.3, 0.4) is 0 Å². The lowest BCUT2D eigenvalue weighted by Crippen LogP contribution is -2.18. The molecule has 0 radical (unpaired) electrons. The van der Waals surface area contributed by atoms with Gasteiger partial charge in [0.2, 0.25) is 5.65 Å². The highest BCUT2D eigenvalue weighted by Gasteiger charge is 2.33. The van der Waals surface area contributed by atoms with Crippen LogP contribution in [0, 0.1) is 0 Å². The molecule has 158 valence electrons. The fourth-order valence-corrected chi connectivity index (χ4v) is 3.28. The third-order valence-electron chi connectivity index (χ3n) is 4.77. The van der Waals surface area contributed by atoms with Crippen molar-refractivity contribution in [1.29, 1.82) is 0 Å². The third kappa shape index (κ3) is 4.06. The van der Waals surface area contributed by atoms with Crippen molar-refractivity contribution in [3.63, 3.8) is 0 Å². The van der Waals surface area contributed by atoms with Gasteiger partial charge in [0, 0.05) is 25.3 Å². The molecule has 0 aliphatic carbocycles. The van der Waals surface area contributed by atoms with Gasteiger partial charge in [0.15, 0.2) is 5.82 Å².